The number of hydrogen-bond donors (Lipinski definition) is 0. The molecule has 0 aliphatic heterocycles. The molecule has 0 fully saturated rings. The number of pyridine rings is 1. The van der Waals surface area contributed by atoms with Gasteiger partial charge in [0.05, 0.1) is 11.4 Å². The highest BCUT2D eigenvalue weighted by molar-refractivity contribution is 6.12. The minimum atomic E-state index is 0.718. The zero-order chi connectivity index (χ0) is 36.6. The average molecular weight is 704 g/mol. The van der Waals surface area contributed by atoms with Gasteiger partial charge in [-0.05, 0) is 116 Å². The highest BCUT2D eigenvalue weighted by Crippen LogP contribution is 2.45. The van der Waals surface area contributed by atoms with Crippen molar-refractivity contribution in [1.82, 2.24) is 15.0 Å². The van der Waals surface area contributed by atoms with E-state index >= 15 is 0 Å². The molecule has 0 unspecified atom stereocenters. The molecule has 0 amide bonds. The number of rotatable bonds is 6. The van der Waals surface area contributed by atoms with Gasteiger partial charge in [-0.1, -0.05) is 146 Å². The van der Waals surface area contributed by atoms with Crippen LogP contribution >= 0.6 is 0 Å². The van der Waals surface area contributed by atoms with E-state index in [0.29, 0.717) is 0 Å². The summed E-state index contributed by atoms with van der Waals surface area (Å²) in [5.74, 6) is 0.718. The molecule has 0 N–H and O–H groups in total. The van der Waals surface area contributed by atoms with E-state index in [1.165, 1.54) is 54.9 Å². The Morgan fingerprint density at radius 1 is 0.473 bits per heavy atom. The van der Waals surface area contributed by atoms with Gasteiger partial charge in [-0.3, -0.25) is 4.98 Å². The van der Waals surface area contributed by atoms with E-state index in [1.807, 2.05) is 18.5 Å². The van der Waals surface area contributed by atoms with E-state index in [2.05, 4.69) is 175 Å². The molecule has 2 aliphatic rings. The summed E-state index contributed by atoms with van der Waals surface area (Å²) in [6, 6.07) is 48.0. The maximum atomic E-state index is 5.28. The van der Waals surface area contributed by atoms with Crippen molar-refractivity contribution in [2.45, 2.75) is 19.3 Å². The van der Waals surface area contributed by atoms with Gasteiger partial charge in [-0.2, -0.15) is 0 Å². The van der Waals surface area contributed by atoms with Gasteiger partial charge in [0.25, 0.3) is 0 Å². The molecule has 10 rings (SSSR count). The summed E-state index contributed by atoms with van der Waals surface area (Å²) in [5.41, 5.74) is 14.6. The first kappa shape index (κ1) is 32.7. The molecule has 3 heteroatoms. The molecule has 0 spiro atoms. The van der Waals surface area contributed by atoms with Crippen molar-refractivity contribution < 1.29 is 0 Å². The average Bonchev–Trinajstić information content (AvgIpc) is 3.52. The van der Waals surface area contributed by atoms with Crippen molar-refractivity contribution in [3.05, 3.63) is 193 Å². The first-order valence-electron chi connectivity index (χ1n) is 19.0. The zero-order valence-corrected chi connectivity index (χ0v) is 30.4. The third-order valence-electron chi connectivity index (χ3n) is 10.8. The molecule has 2 aromatic heterocycles. The van der Waals surface area contributed by atoms with Crippen LogP contribution in [-0.4, -0.2) is 15.0 Å². The molecule has 0 radical (unpaired) electrons. The van der Waals surface area contributed by atoms with Crippen LogP contribution in [0.3, 0.4) is 0 Å². The predicted octanol–water partition coefficient (Wildman–Crippen LogP) is 13.7. The summed E-state index contributed by atoms with van der Waals surface area (Å²) in [5, 5.41) is 4.96. The molecule has 2 aliphatic carbocycles. The number of aromatic nitrogens is 3. The van der Waals surface area contributed by atoms with Gasteiger partial charge < -0.3 is 0 Å². The van der Waals surface area contributed by atoms with Crippen molar-refractivity contribution in [2.24, 2.45) is 0 Å². The van der Waals surface area contributed by atoms with Crippen molar-refractivity contribution in [2.75, 3.05) is 0 Å². The quantitative estimate of drug-likeness (QED) is 0.173. The van der Waals surface area contributed by atoms with E-state index in [4.69, 9.17) is 9.97 Å². The zero-order valence-electron chi connectivity index (χ0n) is 30.4. The smallest absolute Gasteiger partial charge is 0.160 e. The Morgan fingerprint density at radius 2 is 1.15 bits per heavy atom. The second-order valence-electron chi connectivity index (χ2n) is 14.2. The fraction of sp³-hybridized carbons (Fsp3) is 0.0577. The highest BCUT2D eigenvalue weighted by Gasteiger charge is 2.21. The molecule has 260 valence electrons. The number of benzene rings is 6. The molecule has 0 saturated heterocycles. The predicted molar refractivity (Wildman–Crippen MR) is 231 cm³/mol. The van der Waals surface area contributed by atoms with Crippen LogP contribution in [0, 0.1) is 0 Å². The molecule has 0 atom stereocenters. The van der Waals surface area contributed by atoms with Crippen LogP contribution in [-0.2, 0) is 0 Å². The highest BCUT2D eigenvalue weighted by atomic mass is 14.9. The van der Waals surface area contributed by atoms with Gasteiger partial charge in [0.2, 0.25) is 0 Å². The van der Waals surface area contributed by atoms with Crippen molar-refractivity contribution in [3.63, 3.8) is 0 Å². The lowest BCUT2D eigenvalue weighted by atomic mass is 9.83. The molecular weight excluding hydrogens is 667 g/mol. The van der Waals surface area contributed by atoms with E-state index in [0.717, 1.165) is 64.3 Å². The van der Waals surface area contributed by atoms with Crippen LogP contribution in [0.1, 0.15) is 36.1 Å². The standard InChI is InChI=1S/C52H37N3/c1-3-15-36(16-4-1)48-33-49(39-19-11-18-38(30-39)43-22-13-29-53-34-43)55-52(54-48)42-21-12-20-40(32-42)50-44-23-5-2-6-24-45(44)51(47-26-10-9-25-46(47)50)41-28-27-35-14-7-8-17-37(35)31-41/h1,3,5-15,17-34H,2,4,16H2. The summed E-state index contributed by atoms with van der Waals surface area (Å²) >= 11 is 0. The van der Waals surface area contributed by atoms with E-state index in [1.54, 1.807) is 0 Å². The Labute approximate surface area is 321 Å². The van der Waals surface area contributed by atoms with Gasteiger partial charge >= 0.3 is 0 Å². The topological polar surface area (TPSA) is 38.7 Å². The Balaban J connectivity index is 1.16. The van der Waals surface area contributed by atoms with Crippen LogP contribution < -0.4 is 0 Å². The summed E-state index contributed by atoms with van der Waals surface area (Å²) in [4.78, 5) is 14.9. The number of hydrogen-bond acceptors (Lipinski definition) is 3. The molecule has 0 bridgehead atoms. The second-order valence-corrected chi connectivity index (χ2v) is 14.2. The van der Waals surface area contributed by atoms with Gasteiger partial charge in [0, 0.05) is 29.1 Å². The van der Waals surface area contributed by atoms with Gasteiger partial charge in [-0.25, -0.2) is 9.97 Å². The molecule has 2 heterocycles. The lowest BCUT2D eigenvalue weighted by Crippen LogP contribution is -2.00. The fourth-order valence-corrected chi connectivity index (χ4v) is 8.15. The maximum absolute atomic E-state index is 5.28. The summed E-state index contributed by atoms with van der Waals surface area (Å²) in [6.45, 7) is 0. The Kier molecular flexibility index (Phi) is 8.38. The maximum Gasteiger partial charge on any atom is 0.160 e. The molecule has 6 aromatic carbocycles. The van der Waals surface area contributed by atoms with Gasteiger partial charge in [-0.15, -0.1) is 0 Å². The summed E-state index contributed by atoms with van der Waals surface area (Å²) in [7, 11) is 0. The van der Waals surface area contributed by atoms with E-state index in [-0.39, 0.29) is 0 Å². The molecule has 3 nitrogen and oxygen atoms in total. The molecule has 8 aromatic rings. The molecular formula is C52H37N3. The van der Waals surface area contributed by atoms with E-state index < -0.39 is 0 Å². The SMILES string of the molecule is C1=CCCC(c2cc(-c3cccc(-c4cccnc4)c3)nc(-c3cccc(-c4c5c(c(-c6ccc7ccccc7c6)c6ccccc46)C=CCC=C5)c3)n2)=C1. The van der Waals surface area contributed by atoms with Crippen LogP contribution in [0.2, 0.25) is 0 Å². The minimum Gasteiger partial charge on any atom is -0.264 e. The van der Waals surface area contributed by atoms with Gasteiger partial charge in [0.1, 0.15) is 0 Å². The fourth-order valence-electron chi connectivity index (χ4n) is 8.15. The normalized spacial score (nSPS) is 13.5. The second kappa shape index (κ2) is 14.1. The number of fused-ring (bicyclic) bond motifs is 3. The largest absolute Gasteiger partial charge is 0.264 e. The van der Waals surface area contributed by atoms with Crippen molar-refractivity contribution in [1.29, 1.82) is 0 Å². The van der Waals surface area contributed by atoms with Crippen LogP contribution in [0.4, 0.5) is 0 Å². The number of nitrogens with zero attached hydrogens (tertiary/aromatic N) is 3. The summed E-state index contributed by atoms with van der Waals surface area (Å²) < 4.78 is 0. The van der Waals surface area contributed by atoms with Crippen LogP contribution in [0.15, 0.2) is 176 Å². The molecule has 0 saturated carbocycles. The van der Waals surface area contributed by atoms with Gasteiger partial charge in [0.15, 0.2) is 5.82 Å². The molecule has 55 heavy (non-hydrogen) atoms. The monoisotopic (exact) mass is 703 g/mol. The third kappa shape index (κ3) is 6.20. The Hall–Kier alpha value is -6.97. The summed E-state index contributed by atoms with van der Waals surface area (Å²) in [6.07, 6.45) is 22.3. The van der Waals surface area contributed by atoms with Crippen LogP contribution in [0.25, 0.3) is 95.3 Å². The minimum absolute atomic E-state index is 0.718. The van der Waals surface area contributed by atoms with E-state index in [9.17, 15) is 0 Å². The Morgan fingerprint density at radius 3 is 1.91 bits per heavy atom. The lowest BCUT2D eigenvalue weighted by Gasteiger charge is -2.21. The Bertz CT molecular complexity index is 2890. The first-order chi connectivity index (χ1) is 27.3. The first-order valence-corrected chi connectivity index (χ1v) is 19.0. The third-order valence-corrected chi connectivity index (χ3v) is 10.8. The van der Waals surface area contributed by atoms with Crippen molar-refractivity contribution in [3.8, 4) is 56.0 Å². The number of allylic oxidation sites excluding steroid dienone is 6. The van der Waals surface area contributed by atoms with Crippen LogP contribution in [0.5, 0.6) is 0 Å². The van der Waals surface area contributed by atoms with Crippen molar-refractivity contribution >= 4 is 39.3 Å². The lowest BCUT2D eigenvalue weighted by molar-refractivity contribution is 1.03.